The molecule has 0 amide bonds. The Morgan fingerprint density at radius 1 is 1.41 bits per heavy atom. The first-order valence-corrected chi connectivity index (χ1v) is 5.21. The molecule has 0 aliphatic heterocycles. The minimum atomic E-state index is -0.495. The van der Waals surface area contributed by atoms with Gasteiger partial charge in [-0.15, -0.1) is 0 Å². The molecule has 0 N–H and O–H groups in total. The van der Waals surface area contributed by atoms with Crippen molar-refractivity contribution in [3.05, 3.63) is 44.9 Å². The Morgan fingerprint density at radius 2 is 2.12 bits per heavy atom. The van der Waals surface area contributed by atoms with E-state index < -0.39 is 4.92 Å². The summed E-state index contributed by atoms with van der Waals surface area (Å²) >= 11 is 6.01. The van der Waals surface area contributed by atoms with Crippen LogP contribution in [0.5, 0.6) is 0 Å². The maximum Gasteiger partial charge on any atom is 0.287 e. The third-order valence-corrected chi connectivity index (χ3v) is 2.91. The van der Waals surface area contributed by atoms with Gasteiger partial charge in [-0.1, -0.05) is 11.6 Å². The fourth-order valence-corrected chi connectivity index (χ4v) is 1.58. The van der Waals surface area contributed by atoms with Gasteiger partial charge in [-0.2, -0.15) is 5.10 Å². The van der Waals surface area contributed by atoms with Crippen LogP contribution in [-0.2, 0) is 0 Å². The first kappa shape index (κ1) is 11.5. The number of nitro groups is 1. The summed E-state index contributed by atoms with van der Waals surface area (Å²) in [7, 11) is 0. The molecule has 2 rings (SSSR count). The van der Waals surface area contributed by atoms with Crippen molar-refractivity contribution >= 4 is 17.3 Å². The number of pyridine rings is 1. The van der Waals surface area contributed by atoms with Crippen molar-refractivity contribution in [1.29, 1.82) is 0 Å². The highest BCUT2D eigenvalue weighted by Crippen LogP contribution is 2.22. The molecule has 0 radical (unpaired) electrons. The molecule has 0 aliphatic rings. The summed E-state index contributed by atoms with van der Waals surface area (Å²) in [6.45, 7) is 3.60. The van der Waals surface area contributed by atoms with Gasteiger partial charge in [-0.25, -0.2) is 9.67 Å². The summed E-state index contributed by atoms with van der Waals surface area (Å²) in [5.41, 5.74) is 1.40. The van der Waals surface area contributed by atoms with E-state index in [1.807, 2.05) is 6.92 Å². The second-order valence-corrected chi connectivity index (χ2v) is 3.91. The van der Waals surface area contributed by atoms with Crippen LogP contribution in [0.3, 0.4) is 0 Å². The molecule has 17 heavy (non-hydrogen) atoms. The van der Waals surface area contributed by atoms with Crippen LogP contribution in [0, 0.1) is 24.0 Å². The van der Waals surface area contributed by atoms with Gasteiger partial charge in [0.1, 0.15) is 6.20 Å². The summed E-state index contributed by atoms with van der Waals surface area (Å²) < 4.78 is 1.56. The van der Waals surface area contributed by atoms with Crippen molar-refractivity contribution in [3.63, 3.8) is 0 Å². The van der Waals surface area contributed by atoms with Gasteiger partial charge in [0.05, 0.1) is 21.3 Å². The fraction of sp³-hybridized carbons (Fsp3) is 0.200. The van der Waals surface area contributed by atoms with Crippen LogP contribution in [-0.4, -0.2) is 19.7 Å². The fourth-order valence-electron chi connectivity index (χ4n) is 1.46. The number of hydrogen-bond donors (Lipinski definition) is 0. The van der Waals surface area contributed by atoms with Crippen LogP contribution in [0.1, 0.15) is 11.4 Å². The van der Waals surface area contributed by atoms with Crippen molar-refractivity contribution in [3.8, 4) is 5.82 Å². The van der Waals surface area contributed by atoms with Gasteiger partial charge >= 0.3 is 0 Å². The lowest BCUT2D eigenvalue weighted by atomic mass is 10.4. The van der Waals surface area contributed by atoms with Gasteiger partial charge in [0.2, 0.25) is 0 Å². The Balaban J connectivity index is 2.47. The first-order chi connectivity index (χ1) is 8.00. The molecule has 6 nitrogen and oxygen atoms in total. The van der Waals surface area contributed by atoms with Crippen molar-refractivity contribution < 1.29 is 4.92 Å². The van der Waals surface area contributed by atoms with E-state index in [1.165, 1.54) is 18.3 Å². The Labute approximate surface area is 102 Å². The first-order valence-electron chi connectivity index (χ1n) is 4.83. The highest BCUT2D eigenvalue weighted by molar-refractivity contribution is 6.31. The summed E-state index contributed by atoms with van der Waals surface area (Å²) in [5.74, 6) is 0.503. The second-order valence-electron chi connectivity index (χ2n) is 3.53. The highest BCUT2D eigenvalue weighted by atomic mass is 35.5. The van der Waals surface area contributed by atoms with E-state index in [4.69, 9.17) is 11.6 Å². The Hall–Kier alpha value is -1.95. The predicted molar refractivity (Wildman–Crippen MR) is 62.5 cm³/mol. The molecule has 0 saturated carbocycles. The molecule has 2 aromatic rings. The zero-order valence-corrected chi connectivity index (χ0v) is 9.97. The number of aryl methyl sites for hydroxylation is 1. The normalized spacial score (nSPS) is 10.5. The molecule has 0 aliphatic carbocycles. The summed E-state index contributed by atoms with van der Waals surface area (Å²) in [6.07, 6.45) is 1.19. The maximum atomic E-state index is 10.5. The molecule has 0 saturated heterocycles. The van der Waals surface area contributed by atoms with Gasteiger partial charge in [0, 0.05) is 6.07 Å². The van der Waals surface area contributed by atoms with Crippen LogP contribution < -0.4 is 0 Å². The number of halogens is 1. The number of nitrogens with zero attached hydrogens (tertiary/aromatic N) is 4. The molecule has 2 heterocycles. The van der Waals surface area contributed by atoms with Gasteiger partial charge in [0.15, 0.2) is 5.82 Å². The zero-order chi connectivity index (χ0) is 12.6. The maximum absolute atomic E-state index is 10.5. The van der Waals surface area contributed by atoms with Crippen molar-refractivity contribution in [2.24, 2.45) is 0 Å². The van der Waals surface area contributed by atoms with Crippen LogP contribution >= 0.6 is 11.6 Å². The van der Waals surface area contributed by atoms with Crippen LogP contribution in [0.15, 0.2) is 18.3 Å². The lowest BCUT2D eigenvalue weighted by Crippen LogP contribution is -2.02. The average molecular weight is 253 g/mol. The molecule has 0 aromatic carbocycles. The Bertz CT molecular complexity index is 577. The smallest absolute Gasteiger partial charge is 0.258 e. The predicted octanol–water partition coefficient (Wildman–Crippen LogP) is 2.45. The monoisotopic (exact) mass is 252 g/mol. The van der Waals surface area contributed by atoms with E-state index in [2.05, 4.69) is 10.1 Å². The summed E-state index contributed by atoms with van der Waals surface area (Å²) in [4.78, 5) is 14.0. The highest BCUT2D eigenvalue weighted by Gasteiger charge is 2.12. The Kier molecular flexibility index (Phi) is 2.81. The number of rotatable bonds is 2. The lowest BCUT2D eigenvalue weighted by Gasteiger charge is -2.02. The van der Waals surface area contributed by atoms with Crippen LogP contribution in [0.4, 0.5) is 5.69 Å². The molecule has 0 fully saturated rings. The minimum absolute atomic E-state index is 0.0543. The molecule has 0 atom stereocenters. The summed E-state index contributed by atoms with van der Waals surface area (Å²) in [5, 5.41) is 15.3. The van der Waals surface area contributed by atoms with Gasteiger partial charge in [-0.3, -0.25) is 10.1 Å². The number of hydrogen-bond acceptors (Lipinski definition) is 4. The lowest BCUT2D eigenvalue weighted by molar-refractivity contribution is -0.385. The van der Waals surface area contributed by atoms with Crippen LogP contribution in [0.25, 0.3) is 5.82 Å². The molecule has 0 spiro atoms. The van der Waals surface area contributed by atoms with E-state index in [1.54, 1.807) is 11.6 Å². The second kappa shape index (κ2) is 4.14. The Morgan fingerprint density at radius 3 is 2.53 bits per heavy atom. The zero-order valence-electron chi connectivity index (χ0n) is 9.22. The summed E-state index contributed by atoms with van der Waals surface area (Å²) in [6, 6.07) is 2.92. The topological polar surface area (TPSA) is 73.8 Å². The molecule has 0 unspecified atom stereocenters. The average Bonchev–Trinajstić information content (AvgIpc) is 2.57. The van der Waals surface area contributed by atoms with Crippen LogP contribution in [0.2, 0.25) is 5.02 Å². The molecular formula is C10H9ClN4O2. The van der Waals surface area contributed by atoms with E-state index in [0.29, 0.717) is 16.5 Å². The van der Waals surface area contributed by atoms with Crippen molar-refractivity contribution in [2.75, 3.05) is 0 Å². The van der Waals surface area contributed by atoms with Gasteiger partial charge in [0.25, 0.3) is 5.69 Å². The van der Waals surface area contributed by atoms with E-state index in [0.717, 1.165) is 5.69 Å². The van der Waals surface area contributed by atoms with Crippen molar-refractivity contribution in [1.82, 2.24) is 14.8 Å². The van der Waals surface area contributed by atoms with Gasteiger partial charge < -0.3 is 0 Å². The number of aromatic nitrogens is 3. The molecule has 88 valence electrons. The van der Waals surface area contributed by atoms with E-state index >= 15 is 0 Å². The molecule has 2 aromatic heterocycles. The molecular weight excluding hydrogens is 244 g/mol. The van der Waals surface area contributed by atoms with Crippen molar-refractivity contribution in [2.45, 2.75) is 13.8 Å². The third kappa shape index (κ3) is 1.99. The molecule has 0 bridgehead atoms. The standard InChI is InChI=1S/C10H9ClN4O2/c1-6-10(11)7(2)14(13-6)9-4-3-8(5-12-9)15(16)17/h3-5H,1-2H3. The third-order valence-electron chi connectivity index (χ3n) is 2.36. The quantitative estimate of drug-likeness (QED) is 0.608. The largest absolute Gasteiger partial charge is 0.287 e. The SMILES string of the molecule is Cc1nn(-c2ccc([N+](=O)[O-])cn2)c(C)c1Cl. The molecule has 7 heteroatoms. The van der Waals surface area contributed by atoms with E-state index in [9.17, 15) is 10.1 Å². The minimum Gasteiger partial charge on any atom is -0.258 e. The van der Waals surface area contributed by atoms with Gasteiger partial charge in [-0.05, 0) is 19.9 Å². The van der Waals surface area contributed by atoms with E-state index in [-0.39, 0.29) is 5.69 Å².